The molecule has 1 atom stereocenters. The Kier molecular flexibility index (Phi) is 6.79. The lowest BCUT2D eigenvalue weighted by atomic mass is 10.2. The van der Waals surface area contributed by atoms with Crippen molar-refractivity contribution in [1.82, 2.24) is 0 Å². The normalized spacial score (nSPS) is 11.9. The molecule has 25 heavy (non-hydrogen) atoms. The summed E-state index contributed by atoms with van der Waals surface area (Å²) in [6.45, 7) is 5.45. The largest absolute Gasteiger partial charge is 0.494 e. The number of ether oxygens (including phenoxy) is 1. The highest BCUT2D eigenvalue weighted by Crippen LogP contribution is 2.22. The summed E-state index contributed by atoms with van der Waals surface area (Å²) in [7, 11) is 1.43. The molecule has 2 aromatic rings. The van der Waals surface area contributed by atoms with Gasteiger partial charge in [0, 0.05) is 16.3 Å². The van der Waals surface area contributed by atoms with E-state index in [1.807, 2.05) is 26.0 Å². The monoisotopic (exact) mass is 365 g/mol. The van der Waals surface area contributed by atoms with Crippen LogP contribution >= 0.6 is 11.6 Å². The van der Waals surface area contributed by atoms with Gasteiger partial charge in [0.15, 0.2) is 18.1 Å². The van der Waals surface area contributed by atoms with Crippen LogP contribution in [0.1, 0.15) is 18.1 Å². The van der Waals surface area contributed by atoms with Crippen molar-refractivity contribution in [2.45, 2.75) is 20.4 Å². The fourth-order valence-electron chi connectivity index (χ4n) is 2.59. The third kappa shape index (κ3) is 5.18. The van der Waals surface area contributed by atoms with Crippen molar-refractivity contribution in [3.63, 3.8) is 0 Å². The summed E-state index contributed by atoms with van der Waals surface area (Å²) >= 11 is 6.07. The van der Waals surface area contributed by atoms with E-state index in [2.05, 4.69) is 5.32 Å². The highest BCUT2D eigenvalue weighted by Gasteiger charge is 2.15. The number of methoxy groups -OCH3 is 1. The molecule has 0 aliphatic rings. The van der Waals surface area contributed by atoms with Crippen LogP contribution in [-0.4, -0.2) is 26.1 Å². The van der Waals surface area contributed by atoms with E-state index in [0.717, 1.165) is 22.6 Å². The summed E-state index contributed by atoms with van der Waals surface area (Å²) in [5.74, 6) is -0.276. The van der Waals surface area contributed by atoms with Crippen molar-refractivity contribution < 1.29 is 18.8 Å². The number of hydrogen-bond donors (Lipinski definition) is 2. The Morgan fingerprint density at radius 3 is 2.72 bits per heavy atom. The van der Waals surface area contributed by atoms with Crippen LogP contribution in [0.15, 0.2) is 36.4 Å². The minimum Gasteiger partial charge on any atom is -0.494 e. The van der Waals surface area contributed by atoms with Gasteiger partial charge in [0.05, 0.1) is 13.7 Å². The number of benzene rings is 2. The van der Waals surface area contributed by atoms with E-state index in [0.29, 0.717) is 17.3 Å². The molecule has 0 fully saturated rings. The van der Waals surface area contributed by atoms with Gasteiger partial charge in [-0.15, -0.1) is 0 Å². The minimum atomic E-state index is -0.394. The highest BCUT2D eigenvalue weighted by atomic mass is 35.5. The Hall–Kier alpha value is -2.11. The van der Waals surface area contributed by atoms with Crippen LogP contribution in [0, 0.1) is 12.7 Å². The summed E-state index contributed by atoms with van der Waals surface area (Å²) in [6.07, 6.45) is 0. The third-order valence-corrected chi connectivity index (χ3v) is 4.53. The van der Waals surface area contributed by atoms with Crippen LogP contribution in [0.25, 0.3) is 0 Å². The lowest BCUT2D eigenvalue weighted by Gasteiger charge is -2.18. The van der Waals surface area contributed by atoms with Gasteiger partial charge in [0.2, 0.25) is 0 Å². The van der Waals surface area contributed by atoms with Crippen molar-refractivity contribution in [3.05, 3.63) is 58.4 Å². The van der Waals surface area contributed by atoms with Crippen molar-refractivity contribution in [2.24, 2.45) is 0 Å². The maximum absolute atomic E-state index is 13.8. The van der Waals surface area contributed by atoms with Gasteiger partial charge < -0.3 is 15.0 Å². The van der Waals surface area contributed by atoms with Gasteiger partial charge in [-0.1, -0.05) is 17.7 Å². The number of halogens is 2. The first-order valence-electron chi connectivity index (χ1n) is 8.15. The molecule has 6 heteroatoms. The van der Waals surface area contributed by atoms with Crippen LogP contribution in [0.5, 0.6) is 5.75 Å². The van der Waals surface area contributed by atoms with Crippen LogP contribution in [-0.2, 0) is 11.3 Å². The van der Waals surface area contributed by atoms with E-state index in [1.165, 1.54) is 13.2 Å². The number of carbonyl (C=O) groups excluding carboxylic acids is 1. The van der Waals surface area contributed by atoms with Gasteiger partial charge in [-0.05, 0) is 49.7 Å². The summed E-state index contributed by atoms with van der Waals surface area (Å²) in [5, 5.41) is 3.51. The van der Waals surface area contributed by atoms with Crippen LogP contribution < -0.4 is 15.0 Å². The van der Waals surface area contributed by atoms with Gasteiger partial charge in [-0.25, -0.2) is 4.39 Å². The first-order chi connectivity index (χ1) is 11.9. The fraction of sp³-hybridized carbons (Fsp3) is 0.316. The maximum atomic E-state index is 13.8. The predicted molar refractivity (Wildman–Crippen MR) is 97.8 cm³/mol. The van der Waals surface area contributed by atoms with E-state index in [9.17, 15) is 9.18 Å². The number of quaternary nitrogens is 1. The average molecular weight is 366 g/mol. The second kappa shape index (κ2) is 8.83. The van der Waals surface area contributed by atoms with Crippen molar-refractivity contribution in [1.29, 1.82) is 0 Å². The number of likely N-dealkylation sites (N-methyl/N-ethyl adjacent to an activating group) is 1. The minimum absolute atomic E-state index is 0.101. The summed E-state index contributed by atoms with van der Waals surface area (Å²) in [4.78, 5) is 13.4. The SMILES string of the molecule is CC[NH+](CC(=O)Nc1cccc(Cl)c1C)Cc1ccc(OC)c(F)c1. The number of rotatable bonds is 7. The van der Waals surface area contributed by atoms with E-state index in [1.54, 1.807) is 18.2 Å². The summed E-state index contributed by atoms with van der Waals surface area (Å²) in [5.41, 5.74) is 2.37. The summed E-state index contributed by atoms with van der Waals surface area (Å²) in [6, 6.07) is 10.3. The van der Waals surface area contributed by atoms with Gasteiger partial charge in [-0.3, -0.25) is 4.79 Å². The highest BCUT2D eigenvalue weighted by molar-refractivity contribution is 6.31. The molecular weight excluding hydrogens is 343 g/mol. The van der Waals surface area contributed by atoms with Gasteiger partial charge in [0.1, 0.15) is 6.54 Å². The van der Waals surface area contributed by atoms with E-state index in [4.69, 9.17) is 16.3 Å². The van der Waals surface area contributed by atoms with Crippen LogP contribution in [0.4, 0.5) is 10.1 Å². The van der Waals surface area contributed by atoms with E-state index in [-0.39, 0.29) is 18.2 Å². The molecule has 0 radical (unpaired) electrons. The number of nitrogens with one attached hydrogen (secondary N) is 2. The standard InChI is InChI=1S/C19H22ClFN2O2/c1-4-23(11-14-8-9-18(25-3)16(21)10-14)12-19(24)22-17-7-5-6-15(20)13(17)2/h5-10H,4,11-12H2,1-3H3,(H,22,24)/p+1. The molecular formula is C19H23ClFN2O2+. The molecule has 0 aliphatic heterocycles. The zero-order valence-electron chi connectivity index (χ0n) is 14.7. The molecule has 0 heterocycles. The molecule has 2 aromatic carbocycles. The zero-order valence-corrected chi connectivity index (χ0v) is 15.4. The van der Waals surface area contributed by atoms with Crippen molar-refractivity contribution in [3.8, 4) is 5.75 Å². The Balaban J connectivity index is 2.00. The fourth-order valence-corrected chi connectivity index (χ4v) is 2.76. The topological polar surface area (TPSA) is 42.8 Å². The Morgan fingerprint density at radius 1 is 1.32 bits per heavy atom. The second-order valence-corrected chi connectivity index (χ2v) is 6.29. The molecule has 0 bridgehead atoms. The number of amides is 1. The first-order valence-corrected chi connectivity index (χ1v) is 8.53. The Labute approximate surface area is 152 Å². The molecule has 0 saturated carbocycles. The van der Waals surface area contributed by atoms with E-state index >= 15 is 0 Å². The first kappa shape index (κ1) is 19.2. The van der Waals surface area contributed by atoms with Gasteiger partial charge >= 0.3 is 0 Å². The average Bonchev–Trinajstić information content (AvgIpc) is 2.58. The number of hydrogen-bond acceptors (Lipinski definition) is 2. The quantitative estimate of drug-likeness (QED) is 0.792. The smallest absolute Gasteiger partial charge is 0.279 e. The molecule has 0 saturated heterocycles. The number of anilines is 1. The Morgan fingerprint density at radius 2 is 2.08 bits per heavy atom. The van der Waals surface area contributed by atoms with Crippen molar-refractivity contribution in [2.75, 3.05) is 25.5 Å². The lowest BCUT2D eigenvalue weighted by Crippen LogP contribution is -3.11. The van der Waals surface area contributed by atoms with E-state index < -0.39 is 5.82 Å². The van der Waals surface area contributed by atoms with Gasteiger partial charge in [0.25, 0.3) is 5.91 Å². The Bertz CT molecular complexity index is 752. The molecule has 134 valence electrons. The lowest BCUT2D eigenvalue weighted by molar-refractivity contribution is -0.903. The molecule has 1 unspecified atom stereocenters. The molecule has 0 aromatic heterocycles. The molecule has 0 spiro atoms. The maximum Gasteiger partial charge on any atom is 0.279 e. The van der Waals surface area contributed by atoms with Crippen molar-refractivity contribution >= 4 is 23.2 Å². The molecule has 1 amide bonds. The molecule has 0 aliphatic carbocycles. The number of carbonyl (C=O) groups is 1. The summed E-state index contributed by atoms with van der Waals surface area (Å²) < 4.78 is 18.7. The third-order valence-electron chi connectivity index (χ3n) is 4.12. The van der Waals surface area contributed by atoms with Crippen LogP contribution in [0.3, 0.4) is 0 Å². The molecule has 4 nitrogen and oxygen atoms in total. The zero-order chi connectivity index (χ0) is 18.4. The predicted octanol–water partition coefficient (Wildman–Crippen LogP) is 2.84. The second-order valence-electron chi connectivity index (χ2n) is 5.89. The van der Waals surface area contributed by atoms with Gasteiger partial charge in [-0.2, -0.15) is 0 Å². The molecule has 2 N–H and O–H groups in total. The van der Waals surface area contributed by atoms with Crippen LogP contribution in [0.2, 0.25) is 5.02 Å². The molecule has 2 rings (SSSR count).